The fraction of sp³-hybridized carbons (Fsp3) is 0.538. The van der Waals surface area contributed by atoms with E-state index in [1.165, 1.54) is 0 Å². The smallest absolute Gasteiger partial charge is 0.116 e. The minimum absolute atomic E-state index is 0.422. The molecule has 2 rings (SSSR count). The first-order valence-corrected chi connectivity index (χ1v) is 6.68. The van der Waals surface area contributed by atoms with Gasteiger partial charge in [-0.05, 0) is 50.0 Å². The molecule has 1 aromatic rings. The number of nitrogens with one attached hydrogen (secondary N) is 1. The molecule has 1 aliphatic rings. The Balaban J connectivity index is 2.10. The van der Waals surface area contributed by atoms with Gasteiger partial charge < -0.3 is 5.32 Å². The second-order valence-electron chi connectivity index (χ2n) is 4.68. The monoisotopic (exact) mass is 275 g/mol. The number of rotatable bonds is 2. The maximum Gasteiger partial charge on any atom is 0.116 e. The van der Waals surface area contributed by atoms with Gasteiger partial charge in [-0.25, -0.2) is 4.39 Å². The predicted octanol–water partition coefficient (Wildman–Crippen LogP) is 4.02. The van der Waals surface area contributed by atoms with Gasteiger partial charge in [-0.2, -0.15) is 0 Å². The van der Waals surface area contributed by atoms with E-state index in [0.29, 0.717) is 29.3 Å². The highest BCUT2D eigenvalue weighted by Crippen LogP contribution is 2.31. The fourth-order valence-electron chi connectivity index (χ4n) is 2.28. The minimum atomic E-state index is -1.11. The van der Waals surface area contributed by atoms with E-state index in [0.717, 1.165) is 25.1 Å². The van der Waals surface area contributed by atoms with Crippen LogP contribution in [0.15, 0.2) is 18.2 Å². The van der Waals surface area contributed by atoms with Crippen LogP contribution in [0.3, 0.4) is 0 Å². The molecule has 0 amide bonds. The Labute approximate surface area is 111 Å². The largest absolute Gasteiger partial charge is 0.317 e. The Morgan fingerprint density at radius 1 is 1.18 bits per heavy atom. The van der Waals surface area contributed by atoms with Gasteiger partial charge in [0.05, 0.1) is 10.0 Å². The molecule has 1 aliphatic heterocycles. The molecule has 1 fully saturated rings. The molecule has 94 valence electrons. The molecule has 1 unspecified atom stereocenters. The summed E-state index contributed by atoms with van der Waals surface area (Å²) in [5, 5.41) is 4.24. The lowest BCUT2D eigenvalue weighted by Gasteiger charge is -2.23. The van der Waals surface area contributed by atoms with E-state index < -0.39 is 5.67 Å². The zero-order valence-electron chi connectivity index (χ0n) is 9.61. The standard InChI is InChI=1S/C13H16Cl2FN/c14-11-3-2-10(8-12(11)15)9-13(16)4-1-6-17-7-5-13/h2-3,8,17H,1,4-7,9H2. The third-order valence-electron chi connectivity index (χ3n) is 3.23. The first-order chi connectivity index (χ1) is 8.09. The predicted molar refractivity (Wildman–Crippen MR) is 70.7 cm³/mol. The minimum Gasteiger partial charge on any atom is -0.317 e. The molecule has 1 N–H and O–H groups in total. The number of benzene rings is 1. The Morgan fingerprint density at radius 3 is 2.76 bits per heavy atom. The van der Waals surface area contributed by atoms with E-state index >= 15 is 0 Å². The second kappa shape index (κ2) is 5.55. The van der Waals surface area contributed by atoms with Crippen molar-refractivity contribution in [3.63, 3.8) is 0 Å². The van der Waals surface area contributed by atoms with Gasteiger partial charge in [-0.15, -0.1) is 0 Å². The highest BCUT2D eigenvalue weighted by atomic mass is 35.5. The van der Waals surface area contributed by atoms with Gasteiger partial charge >= 0.3 is 0 Å². The van der Waals surface area contributed by atoms with Gasteiger partial charge in [0.25, 0.3) is 0 Å². The average Bonchev–Trinajstić information content (AvgIpc) is 2.49. The van der Waals surface area contributed by atoms with Crippen LogP contribution in [0.5, 0.6) is 0 Å². The van der Waals surface area contributed by atoms with Crippen molar-refractivity contribution in [1.29, 1.82) is 0 Å². The molecule has 1 nitrogen and oxygen atoms in total. The Kier molecular flexibility index (Phi) is 4.29. The van der Waals surface area contributed by atoms with Crippen LogP contribution in [0.1, 0.15) is 24.8 Å². The van der Waals surface area contributed by atoms with Crippen LogP contribution in [0.25, 0.3) is 0 Å². The van der Waals surface area contributed by atoms with E-state index in [9.17, 15) is 4.39 Å². The van der Waals surface area contributed by atoms with Crippen molar-refractivity contribution in [2.75, 3.05) is 13.1 Å². The van der Waals surface area contributed by atoms with Crippen molar-refractivity contribution in [1.82, 2.24) is 5.32 Å². The van der Waals surface area contributed by atoms with E-state index in [1.54, 1.807) is 12.1 Å². The Hall–Kier alpha value is -0.310. The van der Waals surface area contributed by atoms with Crippen LogP contribution >= 0.6 is 23.2 Å². The third kappa shape index (κ3) is 3.57. The van der Waals surface area contributed by atoms with Crippen LogP contribution in [-0.4, -0.2) is 18.8 Å². The van der Waals surface area contributed by atoms with Crippen molar-refractivity contribution in [3.05, 3.63) is 33.8 Å². The number of hydrogen-bond acceptors (Lipinski definition) is 1. The Morgan fingerprint density at radius 2 is 2.00 bits per heavy atom. The summed E-state index contributed by atoms with van der Waals surface area (Å²) < 4.78 is 14.6. The molecule has 0 radical (unpaired) electrons. The van der Waals surface area contributed by atoms with Crippen molar-refractivity contribution >= 4 is 23.2 Å². The van der Waals surface area contributed by atoms with Crippen LogP contribution < -0.4 is 5.32 Å². The van der Waals surface area contributed by atoms with Crippen LogP contribution in [0, 0.1) is 0 Å². The molecule has 1 aromatic carbocycles. The van der Waals surface area contributed by atoms with Crippen molar-refractivity contribution in [3.8, 4) is 0 Å². The summed E-state index contributed by atoms with van der Waals surface area (Å²) in [6.07, 6.45) is 2.48. The fourth-order valence-corrected chi connectivity index (χ4v) is 2.61. The maximum atomic E-state index is 14.6. The van der Waals surface area contributed by atoms with Crippen LogP contribution in [0.2, 0.25) is 10.0 Å². The van der Waals surface area contributed by atoms with Gasteiger partial charge in [0.15, 0.2) is 0 Å². The normalized spacial score (nSPS) is 25.6. The molecule has 0 spiro atoms. The molecule has 0 saturated carbocycles. The lowest BCUT2D eigenvalue weighted by Crippen LogP contribution is -2.27. The summed E-state index contributed by atoms with van der Waals surface area (Å²) in [6, 6.07) is 5.36. The molecular weight excluding hydrogens is 260 g/mol. The first-order valence-electron chi connectivity index (χ1n) is 5.93. The van der Waals surface area contributed by atoms with Crippen molar-refractivity contribution in [2.24, 2.45) is 0 Å². The SMILES string of the molecule is FC1(Cc2ccc(Cl)c(Cl)c2)CCCNCC1. The Bertz CT molecular complexity index is 387. The molecule has 0 bridgehead atoms. The first kappa shape index (κ1) is 13.1. The van der Waals surface area contributed by atoms with Gasteiger partial charge in [0.2, 0.25) is 0 Å². The molecular formula is C13H16Cl2FN. The number of halogens is 3. The van der Waals surface area contributed by atoms with Crippen molar-refractivity contribution in [2.45, 2.75) is 31.4 Å². The zero-order valence-corrected chi connectivity index (χ0v) is 11.1. The van der Waals surface area contributed by atoms with Gasteiger partial charge in [-0.1, -0.05) is 29.3 Å². The molecule has 4 heteroatoms. The summed E-state index contributed by atoms with van der Waals surface area (Å²) in [4.78, 5) is 0. The summed E-state index contributed by atoms with van der Waals surface area (Å²) in [6.45, 7) is 1.66. The van der Waals surface area contributed by atoms with Gasteiger partial charge in [0, 0.05) is 6.42 Å². The van der Waals surface area contributed by atoms with E-state index in [2.05, 4.69) is 5.32 Å². The molecule has 17 heavy (non-hydrogen) atoms. The van der Waals surface area contributed by atoms with Gasteiger partial charge in [0.1, 0.15) is 5.67 Å². The zero-order chi connectivity index (χ0) is 12.3. The summed E-state index contributed by atoms with van der Waals surface area (Å²) in [7, 11) is 0. The summed E-state index contributed by atoms with van der Waals surface area (Å²) in [5.41, 5.74) is -0.190. The van der Waals surface area contributed by atoms with E-state index in [1.807, 2.05) is 6.07 Å². The molecule has 1 saturated heterocycles. The number of hydrogen-bond donors (Lipinski definition) is 1. The third-order valence-corrected chi connectivity index (χ3v) is 3.97. The highest BCUT2D eigenvalue weighted by molar-refractivity contribution is 6.42. The lowest BCUT2D eigenvalue weighted by atomic mass is 9.89. The molecule has 0 aromatic heterocycles. The van der Waals surface area contributed by atoms with E-state index in [-0.39, 0.29) is 0 Å². The molecule has 0 aliphatic carbocycles. The second-order valence-corrected chi connectivity index (χ2v) is 5.49. The highest BCUT2D eigenvalue weighted by Gasteiger charge is 2.30. The van der Waals surface area contributed by atoms with Crippen molar-refractivity contribution < 1.29 is 4.39 Å². The molecule has 1 atom stereocenters. The lowest BCUT2D eigenvalue weighted by molar-refractivity contribution is 0.144. The summed E-state index contributed by atoms with van der Waals surface area (Å²) >= 11 is 11.8. The maximum absolute atomic E-state index is 14.6. The molecule has 1 heterocycles. The average molecular weight is 276 g/mol. The van der Waals surface area contributed by atoms with Crippen LogP contribution in [0.4, 0.5) is 4.39 Å². The van der Waals surface area contributed by atoms with E-state index in [4.69, 9.17) is 23.2 Å². The quantitative estimate of drug-likeness (QED) is 0.860. The van der Waals surface area contributed by atoms with Crippen LogP contribution in [-0.2, 0) is 6.42 Å². The van der Waals surface area contributed by atoms with Gasteiger partial charge in [-0.3, -0.25) is 0 Å². The number of alkyl halides is 1. The summed E-state index contributed by atoms with van der Waals surface area (Å²) in [5.74, 6) is 0. The topological polar surface area (TPSA) is 12.0 Å².